The molecule has 0 aliphatic carbocycles. The molecule has 0 saturated carbocycles. The number of rotatable bonds is 6. The third-order valence-corrected chi connectivity index (χ3v) is 3.56. The van der Waals surface area contributed by atoms with E-state index in [4.69, 9.17) is 11.6 Å². The zero-order valence-electron chi connectivity index (χ0n) is 10.5. The predicted molar refractivity (Wildman–Crippen MR) is 71.9 cm³/mol. The van der Waals surface area contributed by atoms with Gasteiger partial charge < -0.3 is 5.32 Å². The lowest BCUT2D eigenvalue weighted by atomic mass is 9.91. The van der Waals surface area contributed by atoms with Crippen LogP contribution in [-0.4, -0.2) is 7.05 Å². The Morgan fingerprint density at radius 1 is 1.25 bits per heavy atom. The van der Waals surface area contributed by atoms with Gasteiger partial charge >= 0.3 is 0 Å². The number of benzene rings is 1. The lowest BCUT2D eigenvalue weighted by Crippen LogP contribution is -2.19. The van der Waals surface area contributed by atoms with Crippen LogP contribution in [0.4, 0.5) is 0 Å². The third kappa shape index (κ3) is 3.80. The molecule has 90 valence electrons. The standard InChI is InChI=1S/C14H22ClN/c1-4-11(5-2)9-14(16-3)12-7-6-8-13(15)10-12/h6-8,10-11,14,16H,4-5,9H2,1-3H3. The maximum Gasteiger partial charge on any atom is 0.0409 e. The normalized spacial score (nSPS) is 13.1. The van der Waals surface area contributed by atoms with Crippen molar-refractivity contribution >= 4 is 11.6 Å². The van der Waals surface area contributed by atoms with Crippen molar-refractivity contribution < 1.29 is 0 Å². The van der Waals surface area contributed by atoms with Gasteiger partial charge in [-0.25, -0.2) is 0 Å². The average molecular weight is 240 g/mol. The molecule has 0 amide bonds. The lowest BCUT2D eigenvalue weighted by Gasteiger charge is -2.22. The highest BCUT2D eigenvalue weighted by atomic mass is 35.5. The van der Waals surface area contributed by atoms with Crippen molar-refractivity contribution in [2.75, 3.05) is 7.05 Å². The molecule has 0 aliphatic heterocycles. The molecule has 16 heavy (non-hydrogen) atoms. The highest BCUT2D eigenvalue weighted by Crippen LogP contribution is 2.26. The van der Waals surface area contributed by atoms with Crippen LogP contribution in [0, 0.1) is 5.92 Å². The molecule has 1 nitrogen and oxygen atoms in total. The molecule has 0 radical (unpaired) electrons. The summed E-state index contributed by atoms with van der Waals surface area (Å²) in [6, 6.07) is 8.58. The molecule has 1 unspecified atom stereocenters. The van der Waals surface area contributed by atoms with Crippen molar-refractivity contribution in [3.8, 4) is 0 Å². The van der Waals surface area contributed by atoms with Gasteiger partial charge in [0, 0.05) is 11.1 Å². The summed E-state index contributed by atoms with van der Waals surface area (Å²) in [4.78, 5) is 0. The topological polar surface area (TPSA) is 12.0 Å². The van der Waals surface area contributed by atoms with E-state index in [-0.39, 0.29) is 0 Å². The molecule has 0 aliphatic rings. The Bertz CT molecular complexity index is 307. The zero-order valence-corrected chi connectivity index (χ0v) is 11.2. The van der Waals surface area contributed by atoms with Gasteiger partial charge in [-0.05, 0) is 37.1 Å². The van der Waals surface area contributed by atoms with Crippen LogP contribution in [0.15, 0.2) is 24.3 Å². The molecule has 1 rings (SSSR count). The van der Waals surface area contributed by atoms with Crippen molar-refractivity contribution in [3.05, 3.63) is 34.9 Å². The first-order valence-corrected chi connectivity index (χ1v) is 6.51. The van der Waals surface area contributed by atoms with Crippen LogP contribution in [-0.2, 0) is 0 Å². The van der Waals surface area contributed by atoms with Gasteiger partial charge in [0.25, 0.3) is 0 Å². The van der Waals surface area contributed by atoms with Crippen LogP contribution >= 0.6 is 11.6 Å². The molecule has 0 fully saturated rings. The quantitative estimate of drug-likeness (QED) is 0.775. The average Bonchev–Trinajstić information content (AvgIpc) is 2.31. The van der Waals surface area contributed by atoms with Gasteiger partial charge in [0.15, 0.2) is 0 Å². The van der Waals surface area contributed by atoms with Crippen LogP contribution in [0.3, 0.4) is 0 Å². The Morgan fingerprint density at radius 3 is 2.44 bits per heavy atom. The zero-order chi connectivity index (χ0) is 12.0. The van der Waals surface area contributed by atoms with Crippen LogP contribution in [0.1, 0.15) is 44.7 Å². The molecular weight excluding hydrogens is 218 g/mol. The second-order valence-electron chi connectivity index (χ2n) is 4.31. The van der Waals surface area contributed by atoms with E-state index in [2.05, 4.69) is 31.3 Å². The summed E-state index contributed by atoms with van der Waals surface area (Å²) in [5.41, 5.74) is 1.29. The lowest BCUT2D eigenvalue weighted by molar-refractivity contribution is 0.385. The van der Waals surface area contributed by atoms with Crippen molar-refractivity contribution in [2.45, 2.75) is 39.2 Å². The molecular formula is C14H22ClN. The van der Waals surface area contributed by atoms with Crippen molar-refractivity contribution in [1.29, 1.82) is 0 Å². The summed E-state index contributed by atoms with van der Waals surface area (Å²) in [5, 5.41) is 4.21. The first-order chi connectivity index (χ1) is 7.71. The van der Waals surface area contributed by atoms with Crippen LogP contribution in [0.2, 0.25) is 5.02 Å². The molecule has 1 aromatic carbocycles. The van der Waals surface area contributed by atoms with Gasteiger partial charge in [-0.1, -0.05) is 50.4 Å². The molecule has 1 atom stereocenters. The Kier molecular flexibility index (Phi) is 5.86. The van der Waals surface area contributed by atoms with Gasteiger partial charge in [0.05, 0.1) is 0 Å². The first kappa shape index (κ1) is 13.5. The summed E-state index contributed by atoms with van der Waals surface area (Å²) in [5.74, 6) is 0.788. The first-order valence-electron chi connectivity index (χ1n) is 6.13. The van der Waals surface area contributed by atoms with E-state index in [0.29, 0.717) is 6.04 Å². The van der Waals surface area contributed by atoms with E-state index in [9.17, 15) is 0 Å². The minimum atomic E-state index is 0.420. The Hall–Kier alpha value is -0.530. The van der Waals surface area contributed by atoms with Gasteiger partial charge in [-0.3, -0.25) is 0 Å². The number of nitrogens with one attached hydrogen (secondary N) is 1. The Morgan fingerprint density at radius 2 is 1.94 bits per heavy atom. The van der Waals surface area contributed by atoms with Crippen molar-refractivity contribution in [1.82, 2.24) is 5.32 Å². The summed E-state index contributed by atoms with van der Waals surface area (Å²) in [6.45, 7) is 4.53. The van der Waals surface area contributed by atoms with Gasteiger partial charge in [0.2, 0.25) is 0 Å². The van der Waals surface area contributed by atoms with Crippen LogP contribution in [0.25, 0.3) is 0 Å². The molecule has 1 N–H and O–H groups in total. The molecule has 1 aromatic rings. The number of hydrogen-bond acceptors (Lipinski definition) is 1. The van der Waals surface area contributed by atoms with E-state index >= 15 is 0 Å². The molecule has 0 saturated heterocycles. The van der Waals surface area contributed by atoms with Crippen molar-refractivity contribution in [3.63, 3.8) is 0 Å². The van der Waals surface area contributed by atoms with Crippen molar-refractivity contribution in [2.24, 2.45) is 5.92 Å². The molecule has 2 heteroatoms. The molecule has 0 aromatic heterocycles. The maximum absolute atomic E-state index is 6.02. The van der Waals surface area contributed by atoms with Gasteiger partial charge in [-0.2, -0.15) is 0 Å². The van der Waals surface area contributed by atoms with E-state index in [1.807, 2.05) is 19.2 Å². The van der Waals surface area contributed by atoms with Crippen LogP contribution in [0.5, 0.6) is 0 Å². The minimum absolute atomic E-state index is 0.420. The fraction of sp³-hybridized carbons (Fsp3) is 0.571. The SMILES string of the molecule is CCC(CC)CC(NC)c1cccc(Cl)c1. The second-order valence-corrected chi connectivity index (χ2v) is 4.75. The molecule has 0 bridgehead atoms. The van der Waals surface area contributed by atoms with Gasteiger partial charge in [-0.15, -0.1) is 0 Å². The summed E-state index contributed by atoms with van der Waals surface area (Å²) in [7, 11) is 2.02. The molecule has 0 spiro atoms. The summed E-state index contributed by atoms with van der Waals surface area (Å²) < 4.78 is 0. The highest BCUT2D eigenvalue weighted by molar-refractivity contribution is 6.30. The van der Waals surface area contributed by atoms with E-state index in [1.54, 1.807) is 0 Å². The summed E-state index contributed by atoms with van der Waals surface area (Å²) >= 11 is 6.02. The second kappa shape index (κ2) is 6.93. The smallest absolute Gasteiger partial charge is 0.0409 e. The van der Waals surface area contributed by atoms with Crippen LogP contribution < -0.4 is 5.32 Å². The Balaban J connectivity index is 2.74. The van der Waals surface area contributed by atoms with E-state index in [1.165, 1.54) is 24.8 Å². The number of hydrogen-bond donors (Lipinski definition) is 1. The molecule has 0 heterocycles. The predicted octanol–water partition coefficient (Wildman–Crippen LogP) is 4.43. The monoisotopic (exact) mass is 239 g/mol. The maximum atomic E-state index is 6.02. The Labute approximate surface area is 104 Å². The van der Waals surface area contributed by atoms with Gasteiger partial charge in [0.1, 0.15) is 0 Å². The third-order valence-electron chi connectivity index (χ3n) is 3.32. The summed E-state index contributed by atoms with van der Waals surface area (Å²) in [6.07, 6.45) is 3.67. The fourth-order valence-corrected chi connectivity index (χ4v) is 2.30. The highest BCUT2D eigenvalue weighted by Gasteiger charge is 2.14. The minimum Gasteiger partial charge on any atom is -0.313 e. The van der Waals surface area contributed by atoms with E-state index in [0.717, 1.165) is 10.9 Å². The fourth-order valence-electron chi connectivity index (χ4n) is 2.10. The van der Waals surface area contributed by atoms with E-state index < -0.39 is 0 Å². The largest absolute Gasteiger partial charge is 0.313 e. The number of halogens is 1.